The molecule has 0 saturated carbocycles. The highest BCUT2D eigenvalue weighted by atomic mass is 19.1. The van der Waals surface area contributed by atoms with Crippen LogP contribution in [0.4, 0.5) is 8.78 Å². The van der Waals surface area contributed by atoms with Gasteiger partial charge in [-0.2, -0.15) is 0 Å². The van der Waals surface area contributed by atoms with Crippen LogP contribution in [-0.2, 0) is 0 Å². The number of hydrogen-bond acceptors (Lipinski definition) is 5. The first kappa shape index (κ1) is 36.5. The van der Waals surface area contributed by atoms with E-state index in [1.807, 2.05) is 164 Å². The Morgan fingerprint density at radius 3 is 1.08 bits per heavy atom. The van der Waals surface area contributed by atoms with Gasteiger partial charge in [0.1, 0.15) is 11.2 Å². The smallest absolute Gasteiger partial charge is 0.179 e. The van der Waals surface area contributed by atoms with Gasteiger partial charge in [-0.05, 0) is 48.5 Å². The van der Waals surface area contributed by atoms with Crippen molar-refractivity contribution in [2.24, 2.45) is 0 Å². The summed E-state index contributed by atoms with van der Waals surface area (Å²) >= 11 is 0. The molecule has 0 N–H and O–H groups in total. The second-order valence-electron chi connectivity index (χ2n) is 16.5. The number of nitrogens with zero attached hydrogens (tertiary/aromatic N) is 5. The molecular formula is C57H31F2N5O2. The Hall–Kier alpha value is -8.95. The van der Waals surface area contributed by atoms with Gasteiger partial charge in [-0.1, -0.05) is 140 Å². The molecule has 0 aliphatic heterocycles. The Morgan fingerprint density at radius 1 is 0.333 bits per heavy atom. The van der Waals surface area contributed by atoms with E-state index in [0.29, 0.717) is 38.9 Å². The standard InChI is InChI=1S/C57H31F2N5O2/c58-51-49(45(30-39-37-22-8-14-28-47(37)65-53(39)51)63-41-24-10-4-18-33(41)34-19-5-11-25-42(34)63)56-60-55(32-16-2-1-3-17-32)61-57(62-56)50-46(31-40-38-23-9-15-29-48(38)66-54(40)52(50)59)64-43-26-12-6-20-35(43)36-21-7-13-27-44(36)64/h1-31H. The third kappa shape index (κ3) is 5.13. The minimum Gasteiger partial charge on any atom is -0.453 e. The molecule has 0 saturated heterocycles. The van der Waals surface area contributed by atoms with Gasteiger partial charge in [-0.15, -0.1) is 0 Å². The van der Waals surface area contributed by atoms with Gasteiger partial charge in [0.2, 0.25) is 0 Å². The van der Waals surface area contributed by atoms with Crippen LogP contribution in [0.2, 0.25) is 0 Å². The van der Waals surface area contributed by atoms with E-state index in [1.165, 1.54) is 0 Å². The molecule has 0 aliphatic carbocycles. The molecule has 0 fully saturated rings. The number of halogens is 2. The number of aromatic nitrogens is 5. The van der Waals surface area contributed by atoms with Gasteiger partial charge in [0.15, 0.2) is 40.3 Å². The van der Waals surface area contributed by atoms with Crippen LogP contribution in [0.5, 0.6) is 0 Å². The molecule has 0 atom stereocenters. The lowest BCUT2D eigenvalue weighted by Crippen LogP contribution is -2.08. The van der Waals surface area contributed by atoms with Gasteiger partial charge < -0.3 is 18.0 Å². The first-order valence-electron chi connectivity index (χ1n) is 21.7. The average molecular weight is 856 g/mol. The van der Waals surface area contributed by atoms with Crippen LogP contribution in [0, 0.1) is 11.6 Å². The van der Waals surface area contributed by atoms with Crippen molar-refractivity contribution in [3.63, 3.8) is 0 Å². The molecule has 0 amide bonds. The van der Waals surface area contributed by atoms with Crippen LogP contribution >= 0.6 is 0 Å². The molecule has 0 aliphatic rings. The van der Waals surface area contributed by atoms with Crippen molar-refractivity contribution in [2.75, 3.05) is 0 Å². The van der Waals surface area contributed by atoms with Gasteiger partial charge in [0.05, 0.1) is 44.6 Å². The fraction of sp³-hybridized carbons (Fsp3) is 0. The molecule has 7 nitrogen and oxygen atoms in total. The molecular weight excluding hydrogens is 825 g/mol. The highest BCUT2D eigenvalue weighted by molar-refractivity contribution is 6.14. The second kappa shape index (κ2) is 13.8. The Balaban J connectivity index is 1.15. The monoisotopic (exact) mass is 855 g/mol. The third-order valence-electron chi connectivity index (χ3n) is 12.9. The molecule has 9 heteroatoms. The van der Waals surface area contributed by atoms with Crippen LogP contribution in [0.25, 0.3) is 133 Å². The fourth-order valence-corrected chi connectivity index (χ4v) is 10.1. The normalized spacial score (nSPS) is 12.1. The topological polar surface area (TPSA) is 74.8 Å². The van der Waals surface area contributed by atoms with Gasteiger partial charge in [0.25, 0.3) is 0 Å². The maximum atomic E-state index is 18.3. The van der Waals surface area contributed by atoms with Crippen molar-refractivity contribution in [2.45, 2.75) is 0 Å². The molecule has 0 unspecified atom stereocenters. The van der Waals surface area contributed by atoms with Crippen molar-refractivity contribution >= 4 is 87.5 Å². The van der Waals surface area contributed by atoms with Crippen LogP contribution in [-0.4, -0.2) is 24.1 Å². The molecule has 5 heterocycles. The van der Waals surface area contributed by atoms with Gasteiger partial charge in [0, 0.05) is 48.7 Å². The quantitative estimate of drug-likeness (QED) is 0.172. The summed E-state index contributed by atoms with van der Waals surface area (Å²) in [5.41, 5.74) is 6.36. The molecule has 0 spiro atoms. The molecule has 310 valence electrons. The first-order valence-corrected chi connectivity index (χ1v) is 21.7. The zero-order valence-corrected chi connectivity index (χ0v) is 34.7. The number of furan rings is 2. The van der Waals surface area contributed by atoms with Crippen LogP contribution in [0.15, 0.2) is 197 Å². The Morgan fingerprint density at radius 2 is 0.667 bits per heavy atom. The lowest BCUT2D eigenvalue weighted by molar-refractivity contribution is 0.584. The van der Waals surface area contributed by atoms with Crippen molar-refractivity contribution in [3.8, 4) is 45.5 Å². The van der Waals surface area contributed by atoms with E-state index in [9.17, 15) is 0 Å². The minimum atomic E-state index is -0.660. The van der Waals surface area contributed by atoms with Gasteiger partial charge in [-0.25, -0.2) is 23.7 Å². The summed E-state index contributed by atoms with van der Waals surface area (Å²) in [6.07, 6.45) is 0. The molecule has 14 rings (SSSR count). The maximum Gasteiger partial charge on any atom is 0.179 e. The predicted molar refractivity (Wildman–Crippen MR) is 259 cm³/mol. The molecule has 9 aromatic carbocycles. The Bertz CT molecular complexity index is 3970. The molecule has 0 bridgehead atoms. The summed E-state index contributed by atoms with van der Waals surface area (Å²) in [4.78, 5) is 15.4. The Kier molecular flexibility index (Phi) is 7.62. The fourth-order valence-electron chi connectivity index (χ4n) is 10.1. The molecule has 14 aromatic rings. The van der Waals surface area contributed by atoms with Crippen LogP contribution in [0.1, 0.15) is 0 Å². The van der Waals surface area contributed by atoms with E-state index >= 15 is 8.78 Å². The highest BCUT2D eigenvalue weighted by Gasteiger charge is 2.30. The molecule has 0 radical (unpaired) electrons. The number of benzene rings is 9. The summed E-state index contributed by atoms with van der Waals surface area (Å²) in [5.74, 6) is -1.11. The Labute approximate surface area is 373 Å². The van der Waals surface area contributed by atoms with Crippen LogP contribution in [0.3, 0.4) is 0 Å². The predicted octanol–water partition coefficient (Wildman–Crippen LogP) is 15.1. The number of hydrogen-bond donors (Lipinski definition) is 0. The zero-order chi connectivity index (χ0) is 43.6. The van der Waals surface area contributed by atoms with Crippen molar-refractivity contribution < 1.29 is 17.6 Å². The van der Waals surface area contributed by atoms with E-state index in [1.54, 1.807) is 0 Å². The van der Waals surface area contributed by atoms with Crippen molar-refractivity contribution in [1.82, 2.24) is 24.1 Å². The van der Waals surface area contributed by atoms with Crippen molar-refractivity contribution in [3.05, 3.63) is 200 Å². The average Bonchev–Trinajstić information content (AvgIpc) is 4.12. The highest BCUT2D eigenvalue weighted by Crippen LogP contribution is 2.45. The SMILES string of the molecule is Fc1c(-c2nc(-c3ccccc3)nc(-c3c(-n4c5ccccc5c5ccccc54)cc4c(oc5ccccc54)c3F)n2)c(-n2c3ccccc3c3ccccc32)cc2c1oc1ccccc12. The van der Waals surface area contributed by atoms with E-state index in [-0.39, 0.29) is 39.8 Å². The van der Waals surface area contributed by atoms with Crippen molar-refractivity contribution in [1.29, 1.82) is 0 Å². The van der Waals surface area contributed by atoms with E-state index in [0.717, 1.165) is 54.4 Å². The second-order valence-corrected chi connectivity index (χ2v) is 16.5. The zero-order valence-electron chi connectivity index (χ0n) is 34.7. The minimum absolute atomic E-state index is 0.00662. The first-order chi connectivity index (χ1) is 32.6. The van der Waals surface area contributed by atoms with E-state index in [2.05, 4.69) is 33.4 Å². The number of fused-ring (bicyclic) bond motifs is 12. The number of rotatable bonds is 5. The summed E-state index contributed by atoms with van der Waals surface area (Å²) in [6, 6.07) is 60.7. The van der Waals surface area contributed by atoms with Gasteiger partial charge in [-0.3, -0.25) is 0 Å². The molecule has 66 heavy (non-hydrogen) atoms. The number of para-hydroxylation sites is 6. The lowest BCUT2D eigenvalue weighted by Gasteiger charge is -2.18. The lowest BCUT2D eigenvalue weighted by atomic mass is 10.0. The van der Waals surface area contributed by atoms with E-state index in [4.69, 9.17) is 23.8 Å². The third-order valence-corrected chi connectivity index (χ3v) is 12.9. The van der Waals surface area contributed by atoms with E-state index < -0.39 is 11.6 Å². The maximum absolute atomic E-state index is 18.3. The summed E-state index contributed by atoms with van der Waals surface area (Å²) in [7, 11) is 0. The largest absolute Gasteiger partial charge is 0.453 e. The molecule has 5 aromatic heterocycles. The van der Waals surface area contributed by atoms with Gasteiger partial charge >= 0.3 is 0 Å². The summed E-state index contributed by atoms with van der Waals surface area (Å²) in [6.45, 7) is 0. The summed E-state index contributed by atoms with van der Waals surface area (Å²) < 4.78 is 53.3. The summed E-state index contributed by atoms with van der Waals surface area (Å²) in [5, 5.41) is 6.69. The van der Waals surface area contributed by atoms with Crippen LogP contribution < -0.4 is 0 Å².